The molecule has 9 aromatic rings. The lowest BCUT2D eigenvalue weighted by molar-refractivity contribution is 0.696. The van der Waals surface area contributed by atoms with Crippen molar-refractivity contribution >= 4 is 77.1 Å². The van der Waals surface area contributed by atoms with E-state index in [2.05, 4.69) is 157 Å². The molecule has 47 heavy (non-hydrogen) atoms. The van der Waals surface area contributed by atoms with Crippen molar-refractivity contribution in [3.63, 3.8) is 0 Å². The number of aromatic nitrogens is 3. The van der Waals surface area contributed by atoms with E-state index in [1.807, 2.05) is 11.3 Å². The number of hydrogen-bond donors (Lipinski definition) is 0. The number of nitrogens with zero attached hydrogens (tertiary/aromatic N) is 3. The second kappa shape index (κ2) is 10.2. The zero-order valence-corrected chi connectivity index (χ0v) is 26.6. The SMILES string of the molecule is CC1C=c2c(sc3ccccc23)=CC1c1ccc2c(-c3ccccc3)nc(-n3c4ccccc4c4cc5ccccc5cc43)nc2c1. The van der Waals surface area contributed by atoms with Crippen LogP contribution in [-0.4, -0.2) is 14.5 Å². The van der Waals surface area contributed by atoms with Crippen molar-refractivity contribution < 1.29 is 0 Å². The molecule has 6 aromatic carbocycles. The molecule has 1 aliphatic carbocycles. The van der Waals surface area contributed by atoms with Crippen LogP contribution in [0.15, 0.2) is 133 Å². The number of rotatable bonds is 3. The van der Waals surface area contributed by atoms with Gasteiger partial charge in [0.25, 0.3) is 0 Å². The summed E-state index contributed by atoms with van der Waals surface area (Å²) in [5.74, 6) is 1.31. The molecule has 0 radical (unpaired) electrons. The summed E-state index contributed by atoms with van der Waals surface area (Å²) >= 11 is 1.89. The lowest BCUT2D eigenvalue weighted by Gasteiger charge is -2.21. The van der Waals surface area contributed by atoms with Crippen LogP contribution < -0.4 is 9.75 Å². The summed E-state index contributed by atoms with van der Waals surface area (Å²) in [5.41, 5.74) is 6.49. The highest BCUT2D eigenvalue weighted by Crippen LogP contribution is 2.37. The molecule has 3 aromatic heterocycles. The molecule has 2 unspecified atom stereocenters. The van der Waals surface area contributed by atoms with E-state index in [-0.39, 0.29) is 5.92 Å². The lowest BCUT2D eigenvalue weighted by atomic mass is 9.83. The smallest absolute Gasteiger partial charge is 0.235 e. The molecule has 222 valence electrons. The van der Waals surface area contributed by atoms with E-state index in [1.54, 1.807) is 0 Å². The molecule has 3 heterocycles. The third kappa shape index (κ3) is 4.11. The summed E-state index contributed by atoms with van der Waals surface area (Å²) in [4.78, 5) is 10.7. The van der Waals surface area contributed by atoms with E-state index >= 15 is 0 Å². The van der Waals surface area contributed by atoms with Gasteiger partial charge in [-0.15, -0.1) is 11.3 Å². The van der Waals surface area contributed by atoms with Crippen molar-refractivity contribution in [2.75, 3.05) is 0 Å². The largest absolute Gasteiger partial charge is 0.278 e. The second-order valence-electron chi connectivity index (χ2n) is 12.7. The average molecular weight is 620 g/mol. The van der Waals surface area contributed by atoms with Gasteiger partial charge in [-0.1, -0.05) is 122 Å². The topological polar surface area (TPSA) is 30.7 Å². The maximum Gasteiger partial charge on any atom is 0.235 e. The van der Waals surface area contributed by atoms with Gasteiger partial charge >= 0.3 is 0 Å². The number of benzene rings is 6. The monoisotopic (exact) mass is 619 g/mol. The molecular weight excluding hydrogens is 591 g/mol. The van der Waals surface area contributed by atoms with Crippen LogP contribution in [0.1, 0.15) is 18.4 Å². The van der Waals surface area contributed by atoms with E-state index in [9.17, 15) is 0 Å². The van der Waals surface area contributed by atoms with E-state index < -0.39 is 0 Å². The maximum atomic E-state index is 5.37. The number of para-hydroxylation sites is 1. The average Bonchev–Trinajstić information content (AvgIpc) is 3.64. The summed E-state index contributed by atoms with van der Waals surface area (Å²) in [6.45, 7) is 2.34. The molecular formula is C43H29N3S. The standard InChI is InChI=1S/C43H29N3S/c1-26-21-36-32-16-8-10-18-40(32)47-41(36)25-34(26)30-19-20-33-37(23-30)44-43(45-42(33)27-11-3-2-4-12-27)46-38-17-9-7-15-31(38)35-22-28-13-5-6-14-29(28)24-39(35)46/h2-26,34H,1H3. The summed E-state index contributed by atoms with van der Waals surface area (Å²) in [7, 11) is 0. The van der Waals surface area contributed by atoms with Crippen molar-refractivity contribution in [1.29, 1.82) is 0 Å². The minimum Gasteiger partial charge on any atom is -0.278 e. The minimum absolute atomic E-state index is 0.262. The Morgan fingerprint density at radius 3 is 2.21 bits per heavy atom. The summed E-state index contributed by atoms with van der Waals surface area (Å²) in [5, 5.41) is 8.64. The van der Waals surface area contributed by atoms with Crippen LogP contribution in [0.5, 0.6) is 0 Å². The van der Waals surface area contributed by atoms with Crippen molar-refractivity contribution in [2.24, 2.45) is 5.92 Å². The molecule has 3 nitrogen and oxygen atoms in total. The van der Waals surface area contributed by atoms with Crippen LogP contribution in [-0.2, 0) is 0 Å². The van der Waals surface area contributed by atoms with Gasteiger partial charge in [0.2, 0.25) is 5.95 Å². The van der Waals surface area contributed by atoms with Crippen LogP contribution in [0.4, 0.5) is 0 Å². The van der Waals surface area contributed by atoms with E-state index in [4.69, 9.17) is 9.97 Å². The molecule has 0 saturated carbocycles. The van der Waals surface area contributed by atoms with E-state index in [1.165, 1.54) is 46.9 Å². The maximum absolute atomic E-state index is 5.37. The summed E-state index contributed by atoms with van der Waals surface area (Å²) in [6, 6.07) is 47.9. The van der Waals surface area contributed by atoms with Gasteiger partial charge in [-0.3, -0.25) is 4.57 Å². The summed E-state index contributed by atoms with van der Waals surface area (Å²) in [6.07, 6.45) is 4.94. The molecule has 0 bridgehead atoms. The Morgan fingerprint density at radius 1 is 0.596 bits per heavy atom. The predicted octanol–water partition coefficient (Wildman–Crippen LogP) is 9.76. The molecule has 0 aliphatic heterocycles. The first kappa shape index (κ1) is 26.6. The van der Waals surface area contributed by atoms with Crippen molar-refractivity contribution in [3.05, 3.63) is 149 Å². The molecule has 0 saturated heterocycles. The molecule has 10 rings (SSSR count). The zero-order chi connectivity index (χ0) is 31.1. The van der Waals surface area contributed by atoms with Crippen LogP contribution >= 0.6 is 11.3 Å². The summed E-state index contributed by atoms with van der Waals surface area (Å²) < 4.78 is 4.96. The quantitative estimate of drug-likeness (QED) is 0.197. The van der Waals surface area contributed by atoms with Crippen LogP contribution in [0, 0.1) is 5.92 Å². The molecule has 0 amide bonds. The first-order valence-electron chi connectivity index (χ1n) is 16.2. The molecule has 0 fully saturated rings. The Balaban J connectivity index is 1.23. The number of fused-ring (bicyclic) bond motifs is 8. The fourth-order valence-corrected chi connectivity index (χ4v) is 8.76. The molecule has 2 atom stereocenters. The highest BCUT2D eigenvalue weighted by atomic mass is 32.1. The lowest BCUT2D eigenvalue weighted by Crippen LogP contribution is -2.27. The van der Waals surface area contributed by atoms with Gasteiger partial charge in [-0.2, -0.15) is 0 Å². The van der Waals surface area contributed by atoms with Crippen LogP contribution in [0.25, 0.3) is 82.9 Å². The number of hydrogen-bond acceptors (Lipinski definition) is 3. The third-order valence-corrected chi connectivity index (χ3v) is 11.0. The van der Waals surface area contributed by atoms with Gasteiger partial charge in [-0.25, -0.2) is 9.97 Å². The normalized spacial score (nSPS) is 16.1. The fourth-order valence-electron chi connectivity index (χ4n) is 7.59. The predicted molar refractivity (Wildman–Crippen MR) is 199 cm³/mol. The molecule has 0 spiro atoms. The third-order valence-electron chi connectivity index (χ3n) is 9.87. The first-order valence-corrected chi connectivity index (χ1v) is 17.0. The van der Waals surface area contributed by atoms with Crippen molar-refractivity contribution in [2.45, 2.75) is 12.8 Å². The Labute approximate surface area is 275 Å². The zero-order valence-electron chi connectivity index (χ0n) is 25.8. The van der Waals surface area contributed by atoms with Gasteiger partial charge in [0, 0.05) is 36.9 Å². The van der Waals surface area contributed by atoms with Gasteiger partial charge < -0.3 is 0 Å². The van der Waals surface area contributed by atoms with Crippen LogP contribution in [0.2, 0.25) is 0 Å². The molecule has 1 aliphatic rings. The molecule has 4 heteroatoms. The Hall–Kier alpha value is -5.58. The van der Waals surface area contributed by atoms with Crippen molar-refractivity contribution in [3.8, 4) is 17.2 Å². The first-order chi connectivity index (χ1) is 23.2. The van der Waals surface area contributed by atoms with Gasteiger partial charge in [0.1, 0.15) is 0 Å². The van der Waals surface area contributed by atoms with Gasteiger partial charge in [-0.05, 0) is 63.2 Å². The Bertz CT molecular complexity index is 2830. The number of thiophene rings is 1. The van der Waals surface area contributed by atoms with Gasteiger partial charge in [0.15, 0.2) is 0 Å². The van der Waals surface area contributed by atoms with Gasteiger partial charge in [0.05, 0.1) is 22.2 Å². The Kier molecular flexibility index (Phi) is 5.78. The van der Waals surface area contributed by atoms with Crippen LogP contribution in [0.3, 0.4) is 0 Å². The van der Waals surface area contributed by atoms with E-state index in [0.717, 1.165) is 33.2 Å². The fraction of sp³-hybridized carbons (Fsp3) is 0.0698. The second-order valence-corrected chi connectivity index (χ2v) is 13.8. The highest BCUT2D eigenvalue weighted by molar-refractivity contribution is 7.17. The molecule has 0 N–H and O–H groups in total. The van der Waals surface area contributed by atoms with E-state index in [0.29, 0.717) is 11.9 Å². The minimum atomic E-state index is 0.262. The Morgan fingerprint density at radius 2 is 1.34 bits per heavy atom. The van der Waals surface area contributed by atoms with Crippen molar-refractivity contribution in [1.82, 2.24) is 14.5 Å². The highest BCUT2D eigenvalue weighted by Gasteiger charge is 2.22.